The molecule has 0 saturated carbocycles. The van der Waals surface area contributed by atoms with Crippen molar-refractivity contribution < 1.29 is 80.2 Å². The minimum atomic E-state index is -4.95. The molecule has 0 aliphatic heterocycles. The summed E-state index contributed by atoms with van der Waals surface area (Å²) >= 11 is 0. The number of rotatable bonds is 71. The summed E-state index contributed by atoms with van der Waals surface area (Å²) in [7, 11) is -9.91. The van der Waals surface area contributed by atoms with Crippen LogP contribution in [0.2, 0.25) is 0 Å². The van der Waals surface area contributed by atoms with Gasteiger partial charge < -0.3 is 33.8 Å². The third kappa shape index (κ3) is 66.7. The van der Waals surface area contributed by atoms with E-state index in [0.29, 0.717) is 25.7 Å². The molecule has 546 valence electrons. The molecule has 17 nitrogen and oxygen atoms in total. The average molecular weight is 1350 g/mol. The Kier molecular flexibility index (Phi) is 62.4. The van der Waals surface area contributed by atoms with Gasteiger partial charge in [-0.25, -0.2) is 9.13 Å². The largest absolute Gasteiger partial charge is 0.472 e. The monoisotopic (exact) mass is 1350 g/mol. The average Bonchev–Trinajstić information content (AvgIpc) is 2.45. The summed E-state index contributed by atoms with van der Waals surface area (Å²) in [5.41, 5.74) is 0. The number of phosphoric acid groups is 2. The molecule has 0 bridgehead atoms. The Morgan fingerprint density at radius 2 is 0.500 bits per heavy atom. The Balaban J connectivity index is 5.26. The number of esters is 4. The molecule has 0 aromatic heterocycles. The maximum absolute atomic E-state index is 13.1. The molecule has 0 aromatic rings. The number of unbranched alkanes of at least 4 members (excludes halogenated alkanes) is 39. The molecule has 19 heteroatoms. The summed E-state index contributed by atoms with van der Waals surface area (Å²) in [6, 6.07) is 0. The minimum Gasteiger partial charge on any atom is -0.462 e. The first kappa shape index (κ1) is 90.1. The van der Waals surface area contributed by atoms with Gasteiger partial charge in [0.05, 0.1) is 26.4 Å². The fourth-order valence-corrected chi connectivity index (χ4v) is 12.7. The summed E-state index contributed by atoms with van der Waals surface area (Å²) in [6.45, 7) is 11.9. The van der Waals surface area contributed by atoms with Crippen molar-refractivity contribution in [2.24, 2.45) is 17.8 Å². The van der Waals surface area contributed by atoms with Crippen LogP contribution in [0, 0.1) is 17.8 Å². The highest BCUT2D eigenvalue weighted by Crippen LogP contribution is 2.45. The van der Waals surface area contributed by atoms with E-state index in [4.69, 9.17) is 37.0 Å². The summed E-state index contributed by atoms with van der Waals surface area (Å²) in [4.78, 5) is 72.7. The van der Waals surface area contributed by atoms with Gasteiger partial charge in [-0.2, -0.15) is 0 Å². The zero-order valence-corrected chi connectivity index (χ0v) is 61.8. The highest BCUT2D eigenvalue weighted by Gasteiger charge is 2.30. The number of ether oxygens (including phenoxy) is 4. The van der Waals surface area contributed by atoms with Gasteiger partial charge in [-0.15, -0.1) is 0 Å². The van der Waals surface area contributed by atoms with Gasteiger partial charge in [-0.05, 0) is 43.4 Å². The van der Waals surface area contributed by atoms with Gasteiger partial charge in [0.2, 0.25) is 0 Å². The molecule has 0 aromatic carbocycles. The lowest BCUT2D eigenvalue weighted by molar-refractivity contribution is -0.161. The molecule has 0 spiro atoms. The zero-order chi connectivity index (χ0) is 68.0. The van der Waals surface area contributed by atoms with Crippen LogP contribution in [0.5, 0.6) is 0 Å². The molecule has 0 aliphatic carbocycles. The summed E-state index contributed by atoms with van der Waals surface area (Å²) in [5.74, 6) is 0.163. The van der Waals surface area contributed by atoms with Crippen molar-refractivity contribution in [3.8, 4) is 0 Å². The third-order valence-corrected chi connectivity index (χ3v) is 18.8. The molecule has 5 atom stereocenters. The van der Waals surface area contributed by atoms with Gasteiger partial charge in [0.1, 0.15) is 19.3 Å². The lowest BCUT2D eigenvalue weighted by Crippen LogP contribution is -2.30. The minimum absolute atomic E-state index is 0.105. The fourth-order valence-electron chi connectivity index (χ4n) is 11.1. The van der Waals surface area contributed by atoms with Gasteiger partial charge >= 0.3 is 39.5 Å². The first-order valence-electron chi connectivity index (χ1n) is 37.8. The van der Waals surface area contributed by atoms with Crippen LogP contribution in [0.25, 0.3) is 0 Å². The second kappa shape index (κ2) is 63.8. The normalized spacial score (nSPS) is 14.1. The number of aliphatic hydroxyl groups is 1. The number of aliphatic hydroxyl groups excluding tert-OH is 1. The predicted octanol–water partition coefficient (Wildman–Crippen LogP) is 21.0. The summed E-state index contributed by atoms with van der Waals surface area (Å²) in [6.07, 6.45) is 48.4. The van der Waals surface area contributed by atoms with E-state index < -0.39 is 97.5 Å². The molecule has 0 heterocycles. The van der Waals surface area contributed by atoms with E-state index in [-0.39, 0.29) is 25.7 Å². The topological polar surface area (TPSA) is 237 Å². The quantitative estimate of drug-likeness (QED) is 0.0222. The van der Waals surface area contributed by atoms with Crippen LogP contribution in [0.3, 0.4) is 0 Å². The van der Waals surface area contributed by atoms with E-state index in [2.05, 4.69) is 48.5 Å². The van der Waals surface area contributed by atoms with E-state index >= 15 is 0 Å². The van der Waals surface area contributed by atoms with Crippen LogP contribution in [-0.2, 0) is 65.4 Å². The van der Waals surface area contributed by atoms with Gasteiger partial charge in [-0.1, -0.05) is 318 Å². The Morgan fingerprint density at radius 3 is 0.739 bits per heavy atom. The zero-order valence-electron chi connectivity index (χ0n) is 60.0. The van der Waals surface area contributed by atoms with Crippen molar-refractivity contribution >= 4 is 39.5 Å². The van der Waals surface area contributed by atoms with Crippen molar-refractivity contribution in [2.75, 3.05) is 39.6 Å². The molecule has 0 saturated heterocycles. The van der Waals surface area contributed by atoms with Gasteiger partial charge in [0.15, 0.2) is 12.2 Å². The van der Waals surface area contributed by atoms with Crippen LogP contribution < -0.4 is 0 Å². The van der Waals surface area contributed by atoms with Crippen LogP contribution in [-0.4, -0.2) is 96.7 Å². The van der Waals surface area contributed by atoms with E-state index in [9.17, 15) is 43.2 Å². The second-order valence-electron chi connectivity index (χ2n) is 27.8. The molecular formula is C73H142O17P2. The third-order valence-electron chi connectivity index (χ3n) is 16.9. The number of hydrogen-bond acceptors (Lipinski definition) is 15. The van der Waals surface area contributed by atoms with E-state index in [1.165, 1.54) is 180 Å². The van der Waals surface area contributed by atoms with Crippen molar-refractivity contribution in [3.63, 3.8) is 0 Å². The fraction of sp³-hybridized carbons (Fsp3) is 0.945. The number of hydrogen-bond donors (Lipinski definition) is 3. The highest BCUT2D eigenvalue weighted by molar-refractivity contribution is 7.47. The molecule has 0 aliphatic rings. The molecule has 92 heavy (non-hydrogen) atoms. The first-order chi connectivity index (χ1) is 44.2. The van der Waals surface area contributed by atoms with E-state index in [1.807, 2.05) is 0 Å². The molecule has 0 rings (SSSR count). The van der Waals surface area contributed by atoms with Crippen molar-refractivity contribution in [1.82, 2.24) is 0 Å². The number of carbonyl (C=O) groups excluding carboxylic acids is 4. The predicted molar refractivity (Wildman–Crippen MR) is 372 cm³/mol. The highest BCUT2D eigenvalue weighted by atomic mass is 31.2. The molecule has 0 amide bonds. The SMILES string of the molecule is CCCCCCCCCCCCCC(=O)OC[C@H](COP(=O)(O)OC[C@H](O)COP(=O)(O)OC[C@@H](COC(=O)CCCCCCCCCCCCCC(C)C)OC(=O)CCCCCCCCCCCCCCC(C)C)OC(=O)CCCCCCCCCCCC(C)C. The molecule has 2 unspecified atom stereocenters. The maximum atomic E-state index is 13.1. The Morgan fingerprint density at radius 1 is 0.293 bits per heavy atom. The van der Waals surface area contributed by atoms with E-state index in [0.717, 1.165) is 108 Å². The van der Waals surface area contributed by atoms with Crippen molar-refractivity contribution in [2.45, 2.75) is 388 Å². The lowest BCUT2D eigenvalue weighted by atomic mass is 10.0. The Hall–Kier alpha value is -1.94. The molecular weight excluding hydrogens is 1210 g/mol. The van der Waals surface area contributed by atoms with Gasteiger partial charge in [0, 0.05) is 25.7 Å². The van der Waals surface area contributed by atoms with Crippen molar-refractivity contribution in [3.05, 3.63) is 0 Å². The Labute approximate surface area is 562 Å². The molecule has 3 N–H and O–H groups in total. The summed E-state index contributed by atoms with van der Waals surface area (Å²) < 4.78 is 68.4. The Bertz CT molecular complexity index is 1800. The smallest absolute Gasteiger partial charge is 0.462 e. The van der Waals surface area contributed by atoms with Crippen LogP contribution in [0.15, 0.2) is 0 Å². The maximum Gasteiger partial charge on any atom is 0.472 e. The second-order valence-corrected chi connectivity index (χ2v) is 30.7. The first-order valence-corrected chi connectivity index (χ1v) is 40.8. The molecule has 0 radical (unpaired) electrons. The molecule has 0 fully saturated rings. The summed E-state index contributed by atoms with van der Waals surface area (Å²) in [5, 5.41) is 10.6. The standard InChI is InChI=1S/C73H142O17P2/c1-8-9-10-11-12-13-17-26-33-40-47-54-70(75)83-61-69(90-73(78)57-50-43-36-29-22-25-32-39-46-53-66(6)7)63-88-92(81,82)86-59-67(74)58-85-91(79,80)87-62-68(60-84-71(76)55-48-41-34-27-21-16-19-24-31-38-45-52-65(4)5)89-72(77)56-49-42-35-28-20-15-14-18-23-30-37-44-51-64(2)3/h64-69,74H,8-63H2,1-7H3,(H,79,80)(H,81,82)/t67-,68-,69-/m1/s1. The lowest BCUT2D eigenvalue weighted by Gasteiger charge is -2.21. The number of carbonyl (C=O) groups is 4. The van der Waals surface area contributed by atoms with Crippen LogP contribution in [0.1, 0.15) is 370 Å². The van der Waals surface area contributed by atoms with Crippen molar-refractivity contribution in [1.29, 1.82) is 0 Å². The van der Waals surface area contributed by atoms with Gasteiger partial charge in [-0.3, -0.25) is 37.3 Å². The number of phosphoric ester groups is 2. The van der Waals surface area contributed by atoms with Crippen LogP contribution >= 0.6 is 15.6 Å². The van der Waals surface area contributed by atoms with Crippen LogP contribution in [0.4, 0.5) is 0 Å². The van der Waals surface area contributed by atoms with Gasteiger partial charge in [0.25, 0.3) is 0 Å². The van der Waals surface area contributed by atoms with E-state index in [1.54, 1.807) is 0 Å².